The summed E-state index contributed by atoms with van der Waals surface area (Å²) in [5.74, 6) is 3.06. The number of nitrogens with zero attached hydrogens (tertiary/aromatic N) is 6. The molecule has 0 aliphatic carbocycles. The second-order valence-corrected chi connectivity index (χ2v) is 23.9. The van der Waals surface area contributed by atoms with Crippen molar-refractivity contribution in [1.29, 1.82) is 0 Å². The summed E-state index contributed by atoms with van der Waals surface area (Å²) in [6.45, 7) is 13.1. The van der Waals surface area contributed by atoms with Gasteiger partial charge in [0.05, 0.1) is 0 Å². The quantitative estimate of drug-likeness (QED) is 0.144. The molecule has 15 aromatic rings. The van der Waals surface area contributed by atoms with Gasteiger partial charge in [-0.05, 0) is 204 Å². The Morgan fingerprint density at radius 3 is 0.884 bits per heavy atom. The molecule has 0 saturated carbocycles. The van der Waals surface area contributed by atoms with Crippen molar-refractivity contribution in [2.75, 3.05) is 10.6 Å². The molecule has 86 heavy (non-hydrogen) atoms. The Hall–Kier alpha value is -10.4. The van der Waals surface area contributed by atoms with E-state index in [1.807, 2.05) is 158 Å². The maximum Gasteiger partial charge on any atom is 0.227 e. The highest BCUT2D eigenvalue weighted by Gasteiger charge is 2.21. The molecule has 422 valence electrons. The lowest BCUT2D eigenvalue weighted by Gasteiger charge is -2.26. The van der Waals surface area contributed by atoms with Crippen LogP contribution in [-0.2, 0) is 10.8 Å². The molecule has 2 N–H and O–H groups in total. The van der Waals surface area contributed by atoms with Gasteiger partial charge in [-0.15, -0.1) is 0 Å². The molecule has 13 heteroatoms. The first kappa shape index (κ1) is 54.9. The molecule has 10 aromatic carbocycles. The monoisotopic (exact) mass is 1190 g/mol. The number of halogens is 1. The Morgan fingerprint density at radius 1 is 0.314 bits per heavy atom. The second kappa shape index (κ2) is 22.7. The fourth-order valence-corrected chi connectivity index (χ4v) is 10.2. The zero-order valence-electron chi connectivity index (χ0n) is 48.1. The molecule has 0 aliphatic rings. The molecular weight excluding hydrogens is 1130 g/mol. The fraction of sp³-hybridized carbons (Fsp3) is 0.110. The minimum absolute atomic E-state index is 0.0216. The van der Waals surface area contributed by atoms with E-state index >= 15 is 0 Å². The molecule has 5 aromatic heterocycles. The van der Waals surface area contributed by atoms with Crippen molar-refractivity contribution in [3.8, 4) is 57.3 Å². The van der Waals surface area contributed by atoms with Gasteiger partial charge in [0.15, 0.2) is 27.9 Å². The first-order valence-corrected chi connectivity index (χ1v) is 29.0. The molecule has 5 heterocycles. The van der Waals surface area contributed by atoms with E-state index in [1.165, 1.54) is 11.1 Å². The highest BCUT2D eigenvalue weighted by atomic mass is 79.9. The Bertz CT molecular complexity index is 4640. The zero-order valence-corrected chi connectivity index (χ0v) is 49.7. The molecule has 0 saturated heterocycles. The average Bonchev–Trinajstić information content (AvgIpc) is 2.96. The van der Waals surface area contributed by atoms with E-state index < -0.39 is 0 Å². The van der Waals surface area contributed by atoms with Gasteiger partial charge in [0.25, 0.3) is 0 Å². The number of rotatable bonds is 8. The third kappa shape index (κ3) is 11.6. The van der Waals surface area contributed by atoms with Crippen LogP contribution in [0.15, 0.2) is 257 Å². The van der Waals surface area contributed by atoms with Gasteiger partial charge in [-0.25, -0.2) is 24.9 Å². The Labute approximate surface area is 504 Å². The van der Waals surface area contributed by atoms with Crippen LogP contribution in [-0.4, -0.2) is 24.9 Å². The maximum atomic E-state index is 6.26. The van der Waals surface area contributed by atoms with Crippen molar-refractivity contribution in [1.82, 2.24) is 24.9 Å². The van der Waals surface area contributed by atoms with E-state index in [0.717, 1.165) is 111 Å². The van der Waals surface area contributed by atoms with Gasteiger partial charge < -0.3 is 32.7 Å². The Morgan fingerprint density at radius 2 is 0.581 bits per heavy atom. The van der Waals surface area contributed by atoms with E-state index in [-0.39, 0.29) is 10.8 Å². The lowest BCUT2D eigenvalue weighted by atomic mass is 9.87. The van der Waals surface area contributed by atoms with Crippen LogP contribution in [0.3, 0.4) is 0 Å². The summed E-state index contributed by atoms with van der Waals surface area (Å²) in [7, 11) is 0. The van der Waals surface area contributed by atoms with Crippen LogP contribution in [0.25, 0.3) is 113 Å². The van der Waals surface area contributed by atoms with Crippen molar-refractivity contribution < 1.29 is 22.1 Å². The number of benzene rings is 10. The zero-order chi connectivity index (χ0) is 59.1. The molecule has 0 fully saturated rings. The summed E-state index contributed by atoms with van der Waals surface area (Å²) in [6, 6.07) is 76.1. The van der Waals surface area contributed by atoms with Crippen LogP contribution >= 0.6 is 15.9 Å². The largest absolute Gasteiger partial charge is 0.436 e. The van der Waals surface area contributed by atoms with E-state index in [0.29, 0.717) is 29.5 Å². The van der Waals surface area contributed by atoms with Crippen LogP contribution in [0.5, 0.6) is 0 Å². The SMILES string of the molecule is Brc1ccc(-c2nc3ccccc3o2)cc1.CC(C)(C)c1ccc2nc(-c3ccc(N(c4ccc(-c5nc6ccccc6o5)cc4)c4ccc(-c5nc6ccccc6o5)cc4)cc3)oc2c1.CC(C)(C)c1ccc2nc(-c3ccc(N)cc3)oc2c1. The predicted molar refractivity (Wildman–Crippen MR) is 349 cm³/mol. The van der Waals surface area contributed by atoms with Gasteiger partial charge in [-0.1, -0.05) is 106 Å². The van der Waals surface area contributed by atoms with Crippen LogP contribution in [0.2, 0.25) is 0 Å². The van der Waals surface area contributed by atoms with Gasteiger partial charge in [0, 0.05) is 55.0 Å². The van der Waals surface area contributed by atoms with Crippen molar-refractivity contribution >= 4 is 94.2 Å². The number of hydrogen-bond donors (Lipinski definition) is 1. The second-order valence-electron chi connectivity index (χ2n) is 23.0. The van der Waals surface area contributed by atoms with Gasteiger partial charge in [0.2, 0.25) is 29.5 Å². The number of nitrogen functional groups attached to an aromatic ring is 1. The summed E-state index contributed by atoms with van der Waals surface area (Å²) < 4.78 is 30.9. The first-order chi connectivity index (χ1) is 41.6. The molecule has 0 unspecified atom stereocenters. The lowest BCUT2D eigenvalue weighted by Crippen LogP contribution is -2.10. The van der Waals surface area contributed by atoms with Crippen molar-refractivity contribution in [2.45, 2.75) is 52.4 Å². The van der Waals surface area contributed by atoms with Crippen molar-refractivity contribution in [3.63, 3.8) is 0 Å². The smallest absolute Gasteiger partial charge is 0.227 e. The number of anilines is 4. The number of hydrogen-bond acceptors (Lipinski definition) is 12. The molecule has 0 atom stereocenters. The molecule has 15 rings (SSSR count). The van der Waals surface area contributed by atoms with E-state index in [2.05, 4.69) is 155 Å². The van der Waals surface area contributed by atoms with Crippen molar-refractivity contribution in [3.05, 3.63) is 246 Å². The highest BCUT2D eigenvalue weighted by Crippen LogP contribution is 2.39. The van der Waals surface area contributed by atoms with Gasteiger partial charge in [-0.3, -0.25) is 0 Å². The minimum atomic E-state index is 0.0216. The summed E-state index contributed by atoms with van der Waals surface area (Å²) >= 11 is 3.40. The first-order valence-electron chi connectivity index (χ1n) is 28.2. The summed E-state index contributed by atoms with van der Waals surface area (Å²) in [5.41, 5.74) is 24.8. The van der Waals surface area contributed by atoms with Crippen LogP contribution in [0.1, 0.15) is 52.7 Å². The number of fused-ring (bicyclic) bond motifs is 5. The summed E-state index contributed by atoms with van der Waals surface area (Å²) in [5, 5.41) is 0. The molecule has 0 aliphatic heterocycles. The number of para-hydroxylation sites is 6. The fourth-order valence-electron chi connectivity index (χ4n) is 9.94. The lowest BCUT2D eigenvalue weighted by molar-refractivity contribution is 0.584. The summed E-state index contributed by atoms with van der Waals surface area (Å²) in [4.78, 5) is 25.3. The van der Waals surface area contributed by atoms with Gasteiger partial charge >= 0.3 is 0 Å². The highest BCUT2D eigenvalue weighted by molar-refractivity contribution is 9.10. The maximum absolute atomic E-state index is 6.26. The third-order valence-corrected chi connectivity index (χ3v) is 15.3. The summed E-state index contributed by atoms with van der Waals surface area (Å²) in [6.07, 6.45) is 0. The van der Waals surface area contributed by atoms with Crippen LogP contribution in [0, 0.1) is 0 Å². The Kier molecular flexibility index (Phi) is 14.5. The number of oxazole rings is 5. The van der Waals surface area contributed by atoms with Crippen molar-refractivity contribution in [2.24, 2.45) is 0 Å². The van der Waals surface area contributed by atoms with E-state index in [1.54, 1.807) is 0 Å². The predicted octanol–water partition coefficient (Wildman–Crippen LogP) is 20.5. The molecule has 12 nitrogen and oxygen atoms in total. The van der Waals surface area contributed by atoms with Gasteiger partial charge in [-0.2, -0.15) is 0 Å². The normalized spacial score (nSPS) is 11.7. The van der Waals surface area contributed by atoms with Crippen LogP contribution in [0.4, 0.5) is 22.7 Å². The van der Waals surface area contributed by atoms with Crippen LogP contribution < -0.4 is 10.6 Å². The minimum Gasteiger partial charge on any atom is -0.436 e. The molecular formula is C73H58BrN7O5. The topological polar surface area (TPSA) is 159 Å². The molecule has 0 spiro atoms. The molecule has 0 bridgehead atoms. The standard InChI is InChI=1S/C43H32N4O3.C17H18N2O.C13H8BrNO/c1-43(2,3)30-18-25-36-39(26-30)50-42(46-36)29-16-23-33(24-17-29)47(31-19-12-27(13-20-31)40-44-34-8-4-6-10-37(34)48-40)32-21-14-28(15-22-32)41-45-35-9-5-7-11-38(35)49-41;1-17(2,3)12-6-9-14-15(10-12)20-16(19-14)11-4-7-13(18)8-5-11;14-10-7-5-9(6-8-10)13-15-11-3-1-2-4-12(11)16-13/h4-26H,1-3H3;4-10H,18H2,1-3H3;1-8H. The van der Waals surface area contributed by atoms with Gasteiger partial charge in [0.1, 0.15) is 27.6 Å². The van der Waals surface area contributed by atoms with E-state index in [4.69, 9.17) is 32.8 Å². The molecule has 0 radical (unpaired) electrons. The third-order valence-electron chi connectivity index (χ3n) is 14.8. The number of nitrogens with two attached hydrogens (primary N) is 1. The Balaban J connectivity index is 0.000000154. The van der Waals surface area contributed by atoms with E-state index in [9.17, 15) is 0 Å². The number of aromatic nitrogens is 5. The average molecular weight is 1190 g/mol. The molecule has 0 amide bonds.